The number of sulfonamides is 1. The summed E-state index contributed by atoms with van der Waals surface area (Å²) in [7, 11) is -3.87. The Morgan fingerprint density at radius 2 is 1.62 bits per heavy atom. The Kier molecular flexibility index (Phi) is 6.67. The first-order valence-electron chi connectivity index (χ1n) is 10.5. The number of carbonyl (C=O) groups is 1. The summed E-state index contributed by atoms with van der Waals surface area (Å²) < 4.78 is 23.9. The van der Waals surface area contributed by atoms with Gasteiger partial charge in [0.1, 0.15) is 0 Å². The highest BCUT2D eigenvalue weighted by Crippen LogP contribution is 2.28. The van der Waals surface area contributed by atoms with Gasteiger partial charge in [-0.25, -0.2) is 13.6 Å². The number of anilines is 1. The lowest BCUT2D eigenvalue weighted by atomic mass is 10.0. The van der Waals surface area contributed by atoms with Gasteiger partial charge < -0.3 is 5.32 Å². The number of rotatable bonds is 6. The summed E-state index contributed by atoms with van der Waals surface area (Å²) in [5.41, 5.74) is 5.00. The van der Waals surface area contributed by atoms with Crippen molar-refractivity contribution < 1.29 is 13.2 Å². The molecule has 0 unspecified atom stereocenters. The van der Waals surface area contributed by atoms with E-state index in [1.54, 1.807) is 67.0 Å². The number of aromatic nitrogens is 1. The van der Waals surface area contributed by atoms with Gasteiger partial charge in [0.15, 0.2) is 0 Å². The van der Waals surface area contributed by atoms with E-state index in [1.807, 2.05) is 37.3 Å². The maximum atomic E-state index is 13.2. The summed E-state index contributed by atoms with van der Waals surface area (Å²) in [5.74, 6) is -0.273. The number of hydrogen-bond acceptors (Lipinski definition) is 4. The molecular weight excluding hydrogens is 446 g/mol. The van der Waals surface area contributed by atoms with Gasteiger partial charge in [0.25, 0.3) is 5.91 Å². The second kappa shape index (κ2) is 9.82. The van der Waals surface area contributed by atoms with Crippen LogP contribution >= 0.6 is 0 Å². The molecule has 7 heteroatoms. The Labute approximate surface area is 198 Å². The van der Waals surface area contributed by atoms with Crippen LogP contribution in [0.4, 0.5) is 5.69 Å². The van der Waals surface area contributed by atoms with Gasteiger partial charge in [0, 0.05) is 29.2 Å². The highest BCUT2D eigenvalue weighted by Gasteiger charge is 2.16. The van der Waals surface area contributed by atoms with Crippen LogP contribution in [-0.2, 0) is 14.8 Å². The third-order valence-corrected chi connectivity index (χ3v) is 6.21. The van der Waals surface area contributed by atoms with Crippen molar-refractivity contribution in [1.29, 1.82) is 0 Å². The van der Waals surface area contributed by atoms with Crippen molar-refractivity contribution in [3.8, 4) is 11.1 Å². The molecule has 0 aliphatic carbocycles. The zero-order chi connectivity index (χ0) is 24.1. The molecule has 1 aromatic heterocycles. The number of amides is 1. The standard InChI is InChI=1S/C27H23N3O3S/c1-19-5-4-6-20(17-19)18-25(22-13-15-29-16-14-22)27(31)30-23-11-9-21(10-12-23)24-7-2-3-8-26(24)34(28,32)33/h2-18H,1H3,(H,30,31)(H2,28,32,33)/b25-18+. The number of nitrogens with two attached hydrogens (primary N) is 1. The van der Waals surface area contributed by atoms with Gasteiger partial charge in [-0.1, -0.05) is 60.2 Å². The smallest absolute Gasteiger partial charge is 0.256 e. The molecule has 0 saturated heterocycles. The lowest BCUT2D eigenvalue weighted by Gasteiger charge is -2.12. The highest BCUT2D eigenvalue weighted by atomic mass is 32.2. The summed E-state index contributed by atoms with van der Waals surface area (Å²) in [5, 5.41) is 8.28. The van der Waals surface area contributed by atoms with Gasteiger partial charge in [-0.3, -0.25) is 9.78 Å². The van der Waals surface area contributed by atoms with Gasteiger partial charge in [0.2, 0.25) is 10.0 Å². The first-order chi connectivity index (χ1) is 16.3. The van der Waals surface area contributed by atoms with Crippen LogP contribution in [0.2, 0.25) is 0 Å². The van der Waals surface area contributed by atoms with Crippen LogP contribution in [0.15, 0.2) is 102 Å². The summed E-state index contributed by atoms with van der Waals surface area (Å²) in [6.45, 7) is 2.00. The predicted molar refractivity (Wildman–Crippen MR) is 135 cm³/mol. The van der Waals surface area contributed by atoms with E-state index in [2.05, 4.69) is 10.3 Å². The van der Waals surface area contributed by atoms with Gasteiger partial charge in [-0.15, -0.1) is 0 Å². The van der Waals surface area contributed by atoms with Crippen LogP contribution < -0.4 is 10.5 Å². The van der Waals surface area contributed by atoms with E-state index in [4.69, 9.17) is 5.14 Å². The minimum Gasteiger partial charge on any atom is -0.322 e. The van der Waals surface area contributed by atoms with E-state index in [0.717, 1.165) is 16.7 Å². The van der Waals surface area contributed by atoms with E-state index in [1.165, 1.54) is 6.07 Å². The van der Waals surface area contributed by atoms with Crippen LogP contribution in [0.5, 0.6) is 0 Å². The molecule has 0 radical (unpaired) electrons. The molecule has 0 aliphatic rings. The third-order valence-electron chi connectivity index (χ3n) is 5.24. The molecular formula is C27H23N3O3S. The van der Waals surface area contributed by atoms with E-state index < -0.39 is 10.0 Å². The van der Waals surface area contributed by atoms with Gasteiger partial charge >= 0.3 is 0 Å². The lowest BCUT2D eigenvalue weighted by molar-refractivity contribution is -0.111. The number of primary sulfonamides is 1. The number of benzene rings is 3. The molecule has 0 atom stereocenters. The van der Waals surface area contributed by atoms with Crippen molar-refractivity contribution in [2.45, 2.75) is 11.8 Å². The minimum absolute atomic E-state index is 0.0489. The second-order valence-corrected chi connectivity index (χ2v) is 9.31. The van der Waals surface area contributed by atoms with Crippen molar-refractivity contribution in [2.24, 2.45) is 5.14 Å². The van der Waals surface area contributed by atoms with Crippen molar-refractivity contribution in [1.82, 2.24) is 4.98 Å². The monoisotopic (exact) mass is 469 g/mol. The minimum atomic E-state index is -3.87. The van der Waals surface area contributed by atoms with Crippen molar-refractivity contribution in [3.05, 3.63) is 114 Å². The van der Waals surface area contributed by atoms with Crippen LogP contribution in [0, 0.1) is 6.92 Å². The molecule has 3 aromatic carbocycles. The Morgan fingerprint density at radius 1 is 0.912 bits per heavy atom. The molecule has 4 aromatic rings. The maximum absolute atomic E-state index is 13.2. The van der Waals surface area contributed by atoms with Gasteiger partial charge in [0.05, 0.1) is 4.90 Å². The maximum Gasteiger partial charge on any atom is 0.256 e. The number of pyridine rings is 1. The van der Waals surface area contributed by atoms with Gasteiger partial charge in [-0.05, 0) is 60.0 Å². The average Bonchev–Trinajstić information content (AvgIpc) is 2.83. The first-order valence-corrected chi connectivity index (χ1v) is 12.1. The fourth-order valence-electron chi connectivity index (χ4n) is 3.62. The summed E-state index contributed by atoms with van der Waals surface area (Å²) in [6, 6.07) is 24.9. The third kappa shape index (κ3) is 5.46. The predicted octanol–water partition coefficient (Wildman–Crippen LogP) is 4.88. The molecule has 6 nitrogen and oxygen atoms in total. The summed E-state index contributed by atoms with van der Waals surface area (Å²) >= 11 is 0. The molecule has 1 heterocycles. The van der Waals surface area contributed by atoms with E-state index >= 15 is 0 Å². The van der Waals surface area contributed by atoms with Crippen molar-refractivity contribution in [2.75, 3.05) is 5.32 Å². The normalized spacial score (nSPS) is 11.8. The quantitative estimate of drug-likeness (QED) is 0.393. The van der Waals surface area contributed by atoms with E-state index in [-0.39, 0.29) is 10.8 Å². The van der Waals surface area contributed by atoms with Crippen molar-refractivity contribution >= 4 is 33.3 Å². The Hall–Kier alpha value is -4.07. The number of nitrogens with zero attached hydrogens (tertiary/aromatic N) is 1. The number of hydrogen-bond donors (Lipinski definition) is 2. The molecule has 0 saturated carbocycles. The largest absolute Gasteiger partial charge is 0.322 e. The fraction of sp³-hybridized carbons (Fsp3) is 0.0370. The van der Waals surface area contributed by atoms with E-state index in [0.29, 0.717) is 22.4 Å². The fourth-order valence-corrected chi connectivity index (χ4v) is 4.38. The SMILES string of the molecule is Cc1cccc(/C=C(/C(=O)Nc2ccc(-c3ccccc3S(N)(=O)=O)cc2)c2ccncc2)c1. The molecule has 170 valence electrons. The van der Waals surface area contributed by atoms with Crippen LogP contribution in [0.1, 0.15) is 16.7 Å². The molecule has 3 N–H and O–H groups in total. The highest BCUT2D eigenvalue weighted by molar-refractivity contribution is 7.89. The molecule has 0 fully saturated rings. The summed E-state index contributed by atoms with van der Waals surface area (Å²) in [4.78, 5) is 17.3. The zero-order valence-electron chi connectivity index (χ0n) is 18.5. The first kappa shape index (κ1) is 23.1. The molecule has 4 rings (SSSR count). The Morgan fingerprint density at radius 3 is 2.29 bits per heavy atom. The van der Waals surface area contributed by atoms with Crippen LogP contribution in [-0.4, -0.2) is 19.3 Å². The topological polar surface area (TPSA) is 102 Å². The second-order valence-electron chi connectivity index (χ2n) is 7.78. The number of carbonyl (C=O) groups excluding carboxylic acids is 1. The molecule has 1 amide bonds. The Balaban J connectivity index is 1.63. The number of nitrogens with one attached hydrogen (secondary N) is 1. The molecule has 0 bridgehead atoms. The summed E-state index contributed by atoms with van der Waals surface area (Å²) in [6.07, 6.45) is 5.13. The number of aryl methyl sites for hydroxylation is 1. The van der Waals surface area contributed by atoms with Crippen LogP contribution in [0.25, 0.3) is 22.8 Å². The average molecular weight is 470 g/mol. The zero-order valence-corrected chi connectivity index (χ0v) is 19.3. The Bertz CT molecular complexity index is 1460. The van der Waals surface area contributed by atoms with Gasteiger partial charge in [-0.2, -0.15) is 0 Å². The lowest BCUT2D eigenvalue weighted by Crippen LogP contribution is -2.14. The molecule has 0 aliphatic heterocycles. The van der Waals surface area contributed by atoms with E-state index in [9.17, 15) is 13.2 Å². The molecule has 0 spiro atoms. The molecule has 34 heavy (non-hydrogen) atoms. The van der Waals surface area contributed by atoms with Crippen LogP contribution in [0.3, 0.4) is 0 Å². The van der Waals surface area contributed by atoms with Crippen molar-refractivity contribution in [3.63, 3.8) is 0 Å².